The number of ether oxygens (including phenoxy) is 1. The second-order valence-corrected chi connectivity index (χ2v) is 10.5. The molecule has 37 heavy (non-hydrogen) atoms. The molecule has 1 aliphatic heterocycles. The highest BCUT2D eigenvalue weighted by molar-refractivity contribution is 5.37. The van der Waals surface area contributed by atoms with Gasteiger partial charge in [0.05, 0.1) is 18.2 Å². The van der Waals surface area contributed by atoms with Gasteiger partial charge in [0.25, 0.3) is 0 Å². The molecule has 0 radical (unpaired) electrons. The van der Waals surface area contributed by atoms with Crippen LogP contribution in [0.15, 0.2) is 42.5 Å². The molecule has 2 nitrogen and oxygen atoms in total. The van der Waals surface area contributed by atoms with E-state index in [0.29, 0.717) is 18.1 Å². The zero-order valence-corrected chi connectivity index (χ0v) is 21.2. The predicted molar refractivity (Wildman–Crippen MR) is 131 cm³/mol. The van der Waals surface area contributed by atoms with E-state index in [-0.39, 0.29) is 24.1 Å². The Morgan fingerprint density at radius 2 is 1.38 bits per heavy atom. The Kier molecular flexibility index (Phi) is 8.77. The number of nitrogens with zero attached hydrogens (tertiary/aromatic N) is 1. The van der Waals surface area contributed by atoms with Gasteiger partial charge in [-0.15, -0.1) is 0 Å². The number of rotatable bonds is 7. The first-order valence-corrected chi connectivity index (χ1v) is 13.2. The van der Waals surface area contributed by atoms with Gasteiger partial charge in [-0.3, -0.25) is 4.90 Å². The summed E-state index contributed by atoms with van der Waals surface area (Å²) in [6, 6.07) is 9.29. The van der Waals surface area contributed by atoms with Gasteiger partial charge >= 0.3 is 12.4 Å². The molecule has 0 N–H and O–H groups in total. The summed E-state index contributed by atoms with van der Waals surface area (Å²) < 4.78 is 85.9. The minimum atomic E-state index is -4.85. The number of piperidine rings is 1. The maximum Gasteiger partial charge on any atom is 0.416 e. The monoisotopic (exact) mass is 527 g/mol. The van der Waals surface area contributed by atoms with Crippen molar-refractivity contribution in [1.82, 2.24) is 4.90 Å². The van der Waals surface area contributed by atoms with Gasteiger partial charge < -0.3 is 4.74 Å². The molecule has 4 rings (SSSR count). The number of likely N-dealkylation sites (tertiary alicyclic amines) is 1. The molecule has 2 aromatic rings. The number of para-hydroxylation sites is 1. The number of methoxy groups -OCH3 is 1. The molecule has 1 unspecified atom stereocenters. The van der Waals surface area contributed by atoms with E-state index in [0.717, 1.165) is 49.5 Å². The van der Waals surface area contributed by atoms with Crippen LogP contribution in [0.4, 0.5) is 26.3 Å². The van der Waals surface area contributed by atoms with Crippen molar-refractivity contribution in [2.75, 3.05) is 20.2 Å². The first-order chi connectivity index (χ1) is 17.6. The summed E-state index contributed by atoms with van der Waals surface area (Å²) in [7, 11) is 1.58. The van der Waals surface area contributed by atoms with E-state index in [1.807, 2.05) is 24.3 Å². The van der Waals surface area contributed by atoms with E-state index in [1.165, 1.54) is 32.1 Å². The fraction of sp³-hybridized carbons (Fsp3) is 0.586. The molecule has 0 spiro atoms. The summed E-state index contributed by atoms with van der Waals surface area (Å²) >= 11 is 0. The number of benzene rings is 2. The van der Waals surface area contributed by atoms with Crippen molar-refractivity contribution < 1.29 is 31.1 Å². The summed E-state index contributed by atoms with van der Waals surface area (Å²) in [6.45, 7) is 1.72. The molecule has 2 fully saturated rings. The van der Waals surface area contributed by atoms with Crippen LogP contribution in [0.25, 0.3) is 0 Å². The molecule has 1 atom stereocenters. The Morgan fingerprint density at radius 1 is 0.811 bits per heavy atom. The van der Waals surface area contributed by atoms with Crippen LogP contribution >= 0.6 is 0 Å². The number of hydrogen-bond acceptors (Lipinski definition) is 2. The number of halogens is 6. The Hall–Kier alpha value is -2.22. The lowest BCUT2D eigenvalue weighted by molar-refractivity contribution is -0.143. The van der Waals surface area contributed by atoms with Gasteiger partial charge in [0.2, 0.25) is 0 Å². The van der Waals surface area contributed by atoms with E-state index in [2.05, 4.69) is 4.90 Å². The maximum atomic E-state index is 13.4. The molecular weight excluding hydrogens is 492 g/mol. The molecule has 0 amide bonds. The van der Waals surface area contributed by atoms with Crippen molar-refractivity contribution in [3.63, 3.8) is 0 Å². The van der Waals surface area contributed by atoms with Gasteiger partial charge in [0.15, 0.2) is 0 Å². The summed E-state index contributed by atoms with van der Waals surface area (Å²) in [6.07, 6.45) is -0.580. The second-order valence-electron chi connectivity index (χ2n) is 10.5. The highest BCUT2D eigenvalue weighted by atomic mass is 19.4. The molecule has 0 aromatic heterocycles. The van der Waals surface area contributed by atoms with Crippen LogP contribution in [0.3, 0.4) is 0 Å². The fourth-order valence-corrected chi connectivity index (χ4v) is 6.25. The molecule has 204 valence electrons. The van der Waals surface area contributed by atoms with Crippen molar-refractivity contribution in [1.29, 1.82) is 0 Å². The highest BCUT2D eigenvalue weighted by Gasteiger charge is 2.37. The average Bonchev–Trinajstić information content (AvgIpc) is 2.89. The van der Waals surface area contributed by atoms with E-state index >= 15 is 0 Å². The van der Waals surface area contributed by atoms with Gasteiger partial charge in [0, 0.05) is 11.6 Å². The third kappa shape index (κ3) is 7.01. The minimum absolute atomic E-state index is 0.0409. The minimum Gasteiger partial charge on any atom is -0.496 e. The lowest BCUT2D eigenvalue weighted by atomic mass is 9.75. The first-order valence-electron chi connectivity index (χ1n) is 13.2. The Bertz CT molecular complexity index is 988. The molecule has 2 aliphatic rings. The zero-order valence-electron chi connectivity index (χ0n) is 21.2. The number of hydrogen-bond donors (Lipinski definition) is 0. The Balaban J connectivity index is 1.56. The third-order valence-corrected chi connectivity index (χ3v) is 8.18. The van der Waals surface area contributed by atoms with Crippen LogP contribution in [0.1, 0.15) is 79.7 Å². The first kappa shape index (κ1) is 27.8. The van der Waals surface area contributed by atoms with Crippen molar-refractivity contribution in [2.24, 2.45) is 11.8 Å². The second kappa shape index (κ2) is 11.7. The largest absolute Gasteiger partial charge is 0.496 e. The summed E-state index contributed by atoms with van der Waals surface area (Å²) in [5.41, 5.74) is -1.57. The van der Waals surface area contributed by atoms with E-state index in [4.69, 9.17) is 4.74 Å². The SMILES string of the molecule is COc1ccccc1C(CCc1cc(C(F)(F)F)cc(C(F)(F)F)c1)N1CCC(C2CCCCC2)CC1. The standard InChI is InChI=1S/C29H35F6NO/c1-37-27-10-6-5-9-25(27)26(36-15-13-22(14-16-36)21-7-3-2-4-8-21)12-11-20-17-23(28(30,31)32)19-24(18-20)29(33,34)35/h5-6,9-10,17-19,21-22,26H,2-4,7-8,11-16H2,1H3. The lowest BCUT2D eigenvalue weighted by Gasteiger charge is -2.41. The maximum absolute atomic E-state index is 13.4. The molecule has 1 saturated heterocycles. The average molecular weight is 528 g/mol. The van der Waals surface area contributed by atoms with Crippen LogP contribution in [-0.4, -0.2) is 25.1 Å². The van der Waals surface area contributed by atoms with Crippen molar-refractivity contribution >= 4 is 0 Å². The molecule has 1 saturated carbocycles. The van der Waals surface area contributed by atoms with Crippen molar-refractivity contribution in [2.45, 2.75) is 76.2 Å². The molecule has 1 aliphatic carbocycles. The van der Waals surface area contributed by atoms with Gasteiger partial charge in [-0.1, -0.05) is 50.3 Å². The topological polar surface area (TPSA) is 12.5 Å². The summed E-state index contributed by atoms with van der Waals surface area (Å²) in [5.74, 6) is 2.14. The van der Waals surface area contributed by atoms with Crippen LogP contribution in [0, 0.1) is 11.8 Å². The number of alkyl halides is 6. The molecule has 2 aromatic carbocycles. The van der Waals surface area contributed by atoms with E-state index < -0.39 is 23.5 Å². The van der Waals surface area contributed by atoms with Gasteiger partial charge in [-0.05, 0) is 80.4 Å². The van der Waals surface area contributed by atoms with Crippen LogP contribution in [0.5, 0.6) is 5.75 Å². The van der Waals surface area contributed by atoms with E-state index in [1.54, 1.807) is 7.11 Å². The van der Waals surface area contributed by atoms with Gasteiger partial charge in [-0.25, -0.2) is 0 Å². The Labute approximate surface area is 215 Å². The fourth-order valence-electron chi connectivity index (χ4n) is 6.25. The molecular formula is C29H35F6NO. The quantitative estimate of drug-likeness (QED) is 0.334. The highest BCUT2D eigenvalue weighted by Crippen LogP contribution is 2.41. The lowest BCUT2D eigenvalue weighted by Crippen LogP contribution is -2.39. The summed E-state index contributed by atoms with van der Waals surface area (Å²) in [5, 5.41) is 0. The smallest absolute Gasteiger partial charge is 0.416 e. The van der Waals surface area contributed by atoms with Crippen molar-refractivity contribution in [3.05, 3.63) is 64.7 Å². The third-order valence-electron chi connectivity index (χ3n) is 8.18. The Morgan fingerprint density at radius 3 is 1.95 bits per heavy atom. The van der Waals surface area contributed by atoms with Crippen LogP contribution in [0.2, 0.25) is 0 Å². The van der Waals surface area contributed by atoms with Gasteiger partial charge in [0.1, 0.15) is 5.75 Å². The van der Waals surface area contributed by atoms with E-state index in [9.17, 15) is 26.3 Å². The normalized spacial score (nSPS) is 19.6. The predicted octanol–water partition coefficient (Wildman–Crippen LogP) is 8.70. The van der Waals surface area contributed by atoms with Crippen LogP contribution in [-0.2, 0) is 18.8 Å². The zero-order chi connectivity index (χ0) is 26.6. The van der Waals surface area contributed by atoms with Crippen LogP contribution < -0.4 is 4.74 Å². The number of aryl methyl sites for hydroxylation is 1. The molecule has 8 heteroatoms. The molecule has 1 heterocycles. The van der Waals surface area contributed by atoms with Gasteiger partial charge in [-0.2, -0.15) is 26.3 Å². The summed E-state index contributed by atoms with van der Waals surface area (Å²) in [4.78, 5) is 2.34. The van der Waals surface area contributed by atoms with Crippen molar-refractivity contribution in [3.8, 4) is 5.75 Å². The molecule has 0 bridgehead atoms.